The normalized spacial score (nSPS) is 12.7. The van der Waals surface area contributed by atoms with Crippen LogP contribution in [0.15, 0.2) is 4.99 Å². The molecule has 0 aliphatic rings. The molecule has 0 fully saturated rings. The predicted molar refractivity (Wildman–Crippen MR) is 113 cm³/mol. The molecule has 0 unspecified atom stereocenters. The average molecular weight is 453 g/mol. The number of nitrogens with zero attached hydrogens (tertiary/aromatic N) is 1. The topological polar surface area (TPSA) is 292 Å². The van der Waals surface area contributed by atoms with E-state index in [4.69, 9.17) is 49.1 Å². The summed E-state index contributed by atoms with van der Waals surface area (Å²) in [6.45, 7) is 4.31. The monoisotopic (exact) mass is 452 g/mol. The first-order valence-electron chi connectivity index (χ1n) is 9.34. The van der Waals surface area contributed by atoms with Crippen molar-refractivity contribution >= 4 is 29.8 Å². The van der Waals surface area contributed by atoms with Gasteiger partial charge in [0.1, 0.15) is 18.1 Å². The molecule has 0 radical (unpaired) electrons. The Morgan fingerprint density at radius 1 is 0.774 bits per heavy atom. The van der Waals surface area contributed by atoms with Crippen LogP contribution in [0.3, 0.4) is 0 Å². The zero-order valence-corrected chi connectivity index (χ0v) is 17.8. The molecule has 0 saturated heterocycles. The molecule has 14 N–H and O–H groups in total. The fourth-order valence-electron chi connectivity index (χ4n) is 1.65. The molecular formula is C17H36N6O8. The minimum Gasteiger partial charge on any atom is -0.481 e. The van der Waals surface area contributed by atoms with Crippen LogP contribution in [-0.4, -0.2) is 74.9 Å². The molecule has 0 aromatic rings. The highest BCUT2D eigenvalue weighted by Gasteiger charge is 2.13. The SMILES string of the molecule is CC(C)C[C@H](N)C(=O)O.NC(N)=NCCC[C@H](N)C(=O)O.N[C@@H](CCC(=O)O)C(=O)O. The maximum atomic E-state index is 10.2. The molecule has 0 bridgehead atoms. The first kappa shape index (κ1) is 32.7. The molecule has 3 atom stereocenters. The second-order valence-electron chi connectivity index (χ2n) is 6.84. The Labute approximate surface area is 180 Å². The molecule has 0 saturated carbocycles. The minimum atomic E-state index is -1.17. The van der Waals surface area contributed by atoms with Gasteiger partial charge in [-0.1, -0.05) is 13.8 Å². The quantitative estimate of drug-likeness (QED) is 0.0893. The van der Waals surface area contributed by atoms with E-state index in [1.54, 1.807) is 0 Å². The number of carboxylic acid groups (broad SMARTS) is 4. The zero-order chi connectivity index (χ0) is 25.1. The molecule has 31 heavy (non-hydrogen) atoms. The zero-order valence-electron chi connectivity index (χ0n) is 17.8. The van der Waals surface area contributed by atoms with Gasteiger partial charge in [-0.05, 0) is 31.6 Å². The van der Waals surface area contributed by atoms with Crippen molar-refractivity contribution in [3.05, 3.63) is 0 Å². The van der Waals surface area contributed by atoms with Gasteiger partial charge in [0.25, 0.3) is 0 Å². The van der Waals surface area contributed by atoms with E-state index < -0.39 is 42.0 Å². The molecule has 14 nitrogen and oxygen atoms in total. The number of nitrogens with two attached hydrogens (primary N) is 5. The van der Waals surface area contributed by atoms with Crippen LogP contribution < -0.4 is 28.7 Å². The lowest BCUT2D eigenvalue weighted by Crippen LogP contribution is -2.31. The highest BCUT2D eigenvalue weighted by molar-refractivity contribution is 5.76. The van der Waals surface area contributed by atoms with Crippen LogP contribution in [0, 0.1) is 5.92 Å². The number of hydrogen-bond donors (Lipinski definition) is 9. The minimum absolute atomic E-state index is 0.0129. The first-order valence-corrected chi connectivity index (χ1v) is 9.34. The van der Waals surface area contributed by atoms with Crippen molar-refractivity contribution < 1.29 is 39.6 Å². The second-order valence-corrected chi connectivity index (χ2v) is 6.84. The van der Waals surface area contributed by atoms with Crippen LogP contribution in [-0.2, 0) is 19.2 Å². The van der Waals surface area contributed by atoms with Gasteiger partial charge in [-0.2, -0.15) is 0 Å². The van der Waals surface area contributed by atoms with Crippen molar-refractivity contribution in [3.8, 4) is 0 Å². The van der Waals surface area contributed by atoms with Crippen molar-refractivity contribution in [2.24, 2.45) is 39.6 Å². The summed E-state index contributed by atoms with van der Waals surface area (Å²) < 4.78 is 0. The van der Waals surface area contributed by atoms with Gasteiger partial charge >= 0.3 is 23.9 Å². The van der Waals surface area contributed by atoms with Gasteiger partial charge in [-0.15, -0.1) is 0 Å². The van der Waals surface area contributed by atoms with Gasteiger partial charge < -0.3 is 49.1 Å². The van der Waals surface area contributed by atoms with Crippen LogP contribution in [0.25, 0.3) is 0 Å². The third-order valence-electron chi connectivity index (χ3n) is 3.31. The van der Waals surface area contributed by atoms with Gasteiger partial charge in [-0.25, -0.2) is 0 Å². The Bertz CT molecular complexity index is 581. The van der Waals surface area contributed by atoms with Crippen molar-refractivity contribution in [2.45, 2.75) is 64.1 Å². The summed E-state index contributed by atoms with van der Waals surface area (Å²) in [5.41, 5.74) is 25.5. The van der Waals surface area contributed by atoms with Gasteiger partial charge in [0.05, 0.1) is 0 Å². The molecule has 0 aliphatic carbocycles. The first-order chi connectivity index (χ1) is 14.1. The van der Waals surface area contributed by atoms with Gasteiger partial charge in [-0.3, -0.25) is 24.2 Å². The maximum Gasteiger partial charge on any atom is 0.320 e. The fourth-order valence-corrected chi connectivity index (χ4v) is 1.65. The van der Waals surface area contributed by atoms with Crippen LogP contribution >= 0.6 is 0 Å². The fraction of sp³-hybridized carbons (Fsp3) is 0.706. The molecule has 0 rings (SSSR count). The van der Waals surface area contributed by atoms with E-state index in [0.717, 1.165) is 0 Å². The summed E-state index contributed by atoms with van der Waals surface area (Å²) in [5.74, 6) is -3.74. The maximum absolute atomic E-state index is 10.2. The Balaban J connectivity index is -0.000000384. The van der Waals surface area contributed by atoms with E-state index in [9.17, 15) is 19.2 Å². The number of carbonyl (C=O) groups is 4. The molecule has 0 aromatic carbocycles. The summed E-state index contributed by atoms with van der Waals surface area (Å²) >= 11 is 0. The van der Waals surface area contributed by atoms with Crippen LogP contribution in [0.4, 0.5) is 0 Å². The summed E-state index contributed by atoms with van der Waals surface area (Å²) in [6, 6.07) is -2.57. The Morgan fingerprint density at radius 3 is 1.48 bits per heavy atom. The lowest BCUT2D eigenvalue weighted by molar-refractivity contribution is -0.141. The molecule has 0 spiro atoms. The lowest BCUT2D eigenvalue weighted by Gasteiger charge is -2.07. The van der Waals surface area contributed by atoms with Crippen molar-refractivity contribution in [1.29, 1.82) is 0 Å². The molecule has 182 valence electrons. The van der Waals surface area contributed by atoms with Gasteiger partial charge in [0.15, 0.2) is 5.96 Å². The van der Waals surface area contributed by atoms with E-state index >= 15 is 0 Å². The Kier molecular flexibility index (Phi) is 20.1. The van der Waals surface area contributed by atoms with Crippen LogP contribution in [0.5, 0.6) is 0 Å². The van der Waals surface area contributed by atoms with Crippen molar-refractivity contribution in [2.75, 3.05) is 6.54 Å². The molecule has 0 aromatic heterocycles. The third-order valence-corrected chi connectivity index (χ3v) is 3.31. The number of aliphatic carboxylic acids is 4. The van der Waals surface area contributed by atoms with Gasteiger partial charge in [0.2, 0.25) is 0 Å². The average Bonchev–Trinajstić information content (AvgIpc) is 2.63. The third kappa shape index (κ3) is 27.0. The highest BCUT2D eigenvalue weighted by Crippen LogP contribution is 2.01. The van der Waals surface area contributed by atoms with Crippen molar-refractivity contribution in [1.82, 2.24) is 0 Å². The summed E-state index contributed by atoms with van der Waals surface area (Å²) in [6.07, 6.45) is 1.28. The second kappa shape index (κ2) is 19.0. The van der Waals surface area contributed by atoms with E-state index in [1.807, 2.05) is 13.8 Å². The number of carboxylic acids is 4. The summed E-state index contributed by atoms with van der Waals surface area (Å²) in [4.78, 5) is 43.9. The largest absolute Gasteiger partial charge is 0.481 e. The van der Waals surface area contributed by atoms with E-state index in [1.165, 1.54) is 0 Å². The van der Waals surface area contributed by atoms with Gasteiger partial charge in [0, 0.05) is 13.0 Å². The standard InChI is InChI=1S/C6H14N4O2.C6H13NO2.C5H9NO4/c7-4(5(11)12)2-1-3-10-6(8)9;1-4(2)3-5(7)6(8)9;6-3(5(9)10)1-2-4(7)8/h4H,1-3,7H2,(H,11,12)(H4,8,9,10);4-5H,3,7H2,1-2H3,(H,8,9);3H,1-2,6H2,(H,7,8)(H,9,10)/t4-;5-;3-/m000/s1. The van der Waals surface area contributed by atoms with Crippen molar-refractivity contribution in [3.63, 3.8) is 0 Å². The van der Waals surface area contributed by atoms with Crippen LogP contribution in [0.2, 0.25) is 0 Å². The lowest BCUT2D eigenvalue weighted by atomic mass is 10.1. The van der Waals surface area contributed by atoms with E-state index in [2.05, 4.69) is 4.99 Å². The summed E-state index contributed by atoms with van der Waals surface area (Å²) in [5, 5.41) is 33.0. The smallest absolute Gasteiger partial charge is 0.320 e. The molecular weight excluding hydrogens is 416 g/mol. The number of rotatable bonds is 12. The molecule has 0 aliphatic heterocycles. The molecule has 0 heterocycles. The predicted octanol–water partition coefficient (Wildman–Crippen LogP) is -1.84. The Morgan fingerprint density at radius 2 is 1.19 bits per heavy atom. The Hall–Kier alpha value is -2.97. The number of hydrogen-bond acceptors (Lipinski definition) is 8. The molecule has 0 amide bonds. The highest BCUT2D eigenvalue weighted by atomic mass is 16.4. The number of guanidine groups is 1. The van der Waals surface area contributed by atoms with Crippen LogP contribution in [0.1, 0.15) is 46.0 Å². The molecule has 14 heteroatoms. The van der Waals surface area contributed by atoms with E-state index in [-0.39, 0.29) is 18.8 Å². The van der Waals surface area contributed by atoms with E-state index in [0.29, 0.717) is 31.7 Å². The number of aliphatic imine (C=N–C) groups is 1. The summed E-state index contributed by atoms with van der Waals surface area (Å²) in [7, 11) is 0.